The Hall–Kier alpha value is -3.36. The number of nitrogens with one attached hydrogen (secondary N) is 1. The van der Waals surface area contributed by atoms with E-state index < -0.39 is 11.0 Å². The largest absolute Gasteiger partial charge is 0.327 e. The maximum absolute atomic E-state index is 13.0. The molecule has 1 N–H and O–H groups in total. The van der Waals surface area contributed by atoms with E-state index in [1.165, 1.54) is 23.1 Å². The number of hydrogen-bond acceptors (Lipinski definition) is 6. The van der Waals surface area contributed by atoms with Gasteiger partial charge in [0.2, 0.25) is 5.91 Å². The summed E-state index contributed by atoms with van der Waals surface area (Å²) in [5, 5.41) is 13.8. The highest BCUT2D eigenvalue weighted by molar-refractivity contribution is 6.01. The van der Waals surface area contributed by atoms with Crippen LogP contribution in [0.5, 0.6) is 0 Å². The Bertz CT molecular complexity index is 982. The first kappa shape index (κ1) is 21.4. The van der Waals surface area contributed by atoms with E-state index >= 15 is 0 Å². The fourth-order valence-electron chi connectivity index (χ4n) is 3.45. The normalized spacial score (nSPS) is 16.4. The van der Waals surface area contributed by atoms with Crippen molar-refractivity contribution in [3.8, 4) is 0 Å². The van der Waals surface area contributed by atoms with Gasteiger partial charge in [-0.05, 0) is 31.9 Å². The molecule has 9 nitrogen and oxygen atoms in total. The topological polar surface area (TPSA) is 118 Å². The fraction of sp³-hybridized carbons (Fsp3) is 0.429. The van der Waals surface area contributed by atoms with Crippen LogP contribution in [-0.2, 0) is 10.2 Å². The van der Waals surface area contributed by atoms with Crippen LogP contribution >= 0.6 is 0 Å². The third kappa shape index (κ3) is 4.45. The summed E-state index contributed by atoms with van der Waals surface area (Å²) in [6, 6.07) is 3.63. The SMILES string of the molecule is Cc1cc(C(=O)N2CCCC2C(=O)Nc2cnc(C(C)(C)C)nc2)ccc1[N+](=O)[O-]. The summed E-state index contributed by atoms with van der Waals surface area (Å²) < 4.78 is 0. The first-order valence-corrected chi connectivity index (χ1v) is 9.77. The molecule has 9 heteroatoms. The maximum Gasteiger partial charge on any atom is 0.272 e. The van der Waals surface area contributed by atoms with Crippen LogP contribution in [0.1, 0.15) is 55.4 Å². The van der Waals surface area contributed by atoms with Crippen molar-refractivity contribution in [2.24, 2.45) is 0 Å². The smallest absolute Gasteiger partial charge is 0.272 e. The second-order valence-electron chi connectivity index (χ2n) is 8.45. The van der Waals surface area contributed by atoms with Crippen LogP contribution in [0.4, 0.5) is 11.4 Å². The average molecular weight is 411 g/mol. The Labute approximate surface area is 174 Å². The average Bonchev–Trinajstić information content (AvgIpc) is 3.16. The molecule has 0 aliphatic carbocycles. The van der Waals surface area contributed by atoms with E-state index in [2.05, 4.69) is 15.3 Å². The first-order chi connectivity index (χ1) is 14.1. The molecular weight excluding hydrogens is 386 g/mol. The number of aryl methyl sites for hydroxylation is 1. The highest BCUT2D eigenvalue weighted by atomic mass is 16.6. The van der Waals surface area contributed by atoms with Gasteiger partial charge in [-0.15, -0.1) is 0 Å². The van der Waals surface area contributed by atoms with Crippen molar-refractivity contribution < 1.29 is 14.5 Å². The van der Waals surface area contributed by atoms with Crippen LogP contribution in [0.25, 0.3) is 0 Å². The molecular formula is C21H25N5O4. The van der Waals surface area contributed by atoms with Crippen molar-refractivity contribution >= 4 is 23.2 Å². The first-order valence-electron chi connectivity index (χ1n) is 9.77. The Morgan fingerprint density at radius 2 is 1.90 bits per heavy atom. The number of benzene rings is 1. The Balaban J connectivity index is 1.73. The fourth-order valence-corrected chi connectivity index (χ4v) is 3.45. The number of likely N-dealkylation sites (tertiary alicyclic amines) is 1. The van der Waals surface area contributed by atoms with Crippen molar-refractivity contribution in [1.82, 2.24) is 14.9 Å². The number of nitro benzene ring substituents is 1. The molecule has 0 radical (unpaired) electrons. The Kier molecular flexibility index (Phi) is 5.82. The van der Waals surface area contributed by atoms with E-state index in [-0.39, 0.29) is 22.9 Å². The molecule has 1 unspecified atom stereocenters. The second kappa shape index (κ2) is 8.17. The van der Waals surface area contributed by atoms with Crippen LogP contribution in [0.15, 0.2) is 30.6 Å². The molecule has 2 heterocycles. The van der Waals surface area contributed by atoms with Crippen LogP contribution in [0.3, 0.4) is 0 Å². The number of aromatic nitrogens is 2. The summed E-state index contributed by atoms with van der Waals surface area (Å²) in [6.45, 7) is 8.05. The highest BCUT2D eigenvalue weighted by Crippen LogP contribution is 2.25. The van der Waals surface area contributed by atoms with Gasteiger partial charge in [-0.25, -0.2) is 9.97 Å². The minimum Gasteiger partial charge on any atom is -0.327 e. The highest BCUT2D eigenvalue weighted by Gasteiger charge is 2.35. The van der Waals surface area contributed by atoms with E-state index in [1.807, 2.05) is 20.8 Å². The van der Waals surface area contributed by atoms with Crippen LogP contribution in [0, 0.1) is 17.0 Å². The molecule has 1 saturated heterocycles. The predicted octanol–water partition coefficient (Wildman–Crippen LogP) is 3.23. The van der Waals surface area contributed by atoms with Crippen LogP contribution in [0.2, 0.25) is 0 Å². The number of hydrogen-bond donors (Lipinski definition) is 1. The van der Waals surface area contributed by atoms with Gasteiger partial charge in [-0.1, -0.05) is 20.8 Å². The molecule has 1 fully saturated rings. The zero-order valence-corrected chi connectivity index (χ0v) is 17.5. The molecule has 0 saturated carbocycles. The van der Waals surface area contributed by atoms with Gasteiger partial charge in [0.1, 0.15) is 11.9 Å². The third-order valence-corrected chi connectivity index (χ3v) is 5.05. The molecule has 0 bridgehead atoms. The lowest BCUT2D eigenvalue weighted by molar-refractivity contribution is -0.385. The van der Waals surface area contributed by atoms with Crippen molar-refractivity contribution in [3.05, 3.63) is 57.7 Å². The zero-order chi connectivity index (χ0) is 22.1. The van der Waals surface area contributed by atoms with E-state index in [0.29, 0.717) is 42.0 Å². The standard InChI is InChI=1S/C21H25N5O4/c1-13-10-14(7-8-16(13)26(29)30)19(28)25-9-5-6-17(25)18(27)24-15-11-22-20(23-12-15)21(2,3)4/h7-8,10-12,17H,5-6,9H2,1-4H3,(H,24,27). The molecule has 2 aromatic rings. The Morgan fingerprint density at radius 3 is 2.47 bits per heavy atom. The number of amides is 2. The number of rotatable bonds is 4. The van der Waals surface area contributed by atoms with Gasteiger partial charge in [-0.3, -0.25) is 19.7 Å². The van der Waals surface area contributed by atoms with Gasteiger partial charge in [0, 0.05) is 29.2 Å². The molecule has 158 valence electrons. The lowest BCUT2D eigenvalue weighted by Crippen LogP contribution is -2.43. The van der Waals surface area contributed by atoms with Crippen molar-refractivity contribution in [1.29, 1.82) is 0 Å². The molecule has 30 heavy (non-hydrogen) atoms. The minimum atomic E-state index is -0.615. The van der Waals surface area contributed by atoms with E-state index in [4.69, 9.17) is 0 Å². The number of anilines is 1. The van der Waals surface area contributed by atoms with E-state index in [9.17, 15) is 19.7 Å². The van der Waals surface area contributed by atoms with Crippen molar-refractivity contribution in [3.63, 3.8) is 0 Å². The zero-order valence-electron chi connectivity index (χ0n) is 17.5. The summed E-state index contributed by atoms with van der Waals surface area (Å²) in [5.74, 6) is 0.0586. The summed E-state index contributed by atoms with van der Waals surface area (Å²) in [4.78, 5) is 46.4. The maximum atomic E-state index is 13.0. The van der Waals surface area contributed by atoms with Gasteiger partial charge >= 0.3 is 0 Å². The molecule has 1 atom stereocenters. The van der Waals surface area contributed by atoms with Gasteiger partial charge in [-0.2, -0.15) is 0 Å². The van der Waals surface area contributed by atoms with Gasteiger partial charge in [0.05, 0.1) is 23.0 Å². The second-order valence-corrected chi connectivity index (χ2v) is 8.45. The van der Waals surface area contributed by atoms with Crippen LogP contribution in [-0.4, -0.2) is 44.2 Å². The molecule has 1 aromatic carbocycles. The molecule has 3 rings (SSSR count). The van der Waals surface area contributed by atoms with Gasteiger partial charge < -0.3 is 10.2 Å². The van der Waals surface area contributed by atoms with Crippen molar-refractivity contribution in [2.75, 3.05) is 11.9 Å². The Morgan fingerprint density at radius 1 is 1.23 bits per heavy atom. The number of carbonyl (C=O) groups excluding carboxylic acids is 2. The quantitative estimate of drug-likeness (QED) is 0.609. The molecule has 1 aromatic heterocycles. The number of nitro groups is 1. The number of nitrogens with zero attached hydrogens (tertiary/aromatic N) is 4. The van der Waals surface area contributed by atoms with E-state index in [1.54, 1.807) is 19.3 Å². The lowest BCUT2D eigenvalue weighted by Gasteiger charge is -2.24. The minimum absolute atomic E-state index is 0.0408. The van der Waals surface area contributed by atoms with Gasteiger partial charge in [0.25, 0.3) is 11.6 Å². The predicted molar refractivity (Wildman–Crippen MR) is 111 cm³/mol. The molecule has 2 amide bonds. The van der Waals surface area contributed by atoms with Crippen molar-refractivity contribution in [2.45, 2.75) is 52.0 Å². The summed E-state index contributed by atoms with van der Waals surface area (Å²) in [5.41, 5.74) is 0.970. The molecule has 1 aliphatic rings. The summed E-state index contributed by atoms with van der Waals surface area (Å²) in [7, 11) is 0. The summed E-state index contributed by atoms with van der Waals surface area (Å²) >= 11 is 0. The van der Waals surface area contributed by atoms with E-state index in [0.717, 1.165) is 0 Å². The molecule has 0 spiro atoms. The third-order valence-electron chi connectivity index (χ3n) is 5.05. The monoisotopic (exact) mass is 411 g/mol. The van der Waals surface area contributed by atoms with Crippen LogP contribution < -0.4 is 5.32 Å². The number of carbonyl (C=O) groups is 2. The molecule has 1 aliphatic heterocycles. The van der Waals surface area contributed by atoms with Gasteiger partial charge in [0.15, 0.2) is 0 Å². The lowest BCUT2D eigenvalue weighted by atomic mass is 9.96. The summed E-state index contributed by atoms with van der Waals surface area (Å²) in [6.07, 6.45) is 4.37.